The van der Waals surface area contributed by atoms with E-state index in [1.807, 2.05) is 0 Å². The number of carbonyl (C=O) groups is 2. The summed E-state index contributed by atoms with van der Waals surface area (Å²) in [4.78, 5) is 28.2. The van der Waals surface area contributed by atoms with Crippen LogP contribution in [0.2, 0.25) is 0 Å². The zero-order valence-corrected chi connectivity index (χ0v) is 17.3. The Labute approximate surface area is 168 Å². The fraction of sp³-hybridized carbons (Fsp3) is 0.636. The normalized spacial score (nSPS) is 26.1. The van der Waals surface area contributed by atoms with Crippen LogP contribution in [-0.2, 0) is 27.4 Å². The number of amides is 2. The molecule has 2 fully saturated rings. The molecular formula is C22H33N3O3. The van der Waals surface area contributed by atoms with E-state index in [2.05, 4.69) is 48.3 Å². The first-order chi connectivity index (χ1) is 13.4. The maximum Gasteiger partial charge on any atom is 0.225 e. The number of hydrogen-bond donors (Lipinski definition) is 1. The largest absolute Gasteiger partial charge is 0.373 e. The van der Waals surface area contributed by atoms with E-state index >= 15 is 0 Å². The van der Waals surface area contributed by atoms with Crippen molar-refractivity contribution in [3.8, 4) is 0 Å². The third-order valence-corrected chi connectivity index (χ3v) is 5.63. The Balaban J connectivity index is 1.46. The summed E-state index contributed by atoms with van der Waals surface area (Å²) >= 11 is 0. The molecule has 2 aliphatic heterocycles. The second-order valence-electron chi connectivity index (χ2n) is 8.29. The average Bonchev–Trinajstić information content (AvgIpc) is 2.66. The Hall–Kier alpha value is -1.92. The number of ether oxygens (including phenoxy) is 1. The fourth-order valence-corrected chi connectivity index (χ4v) is 4.24. The molecule has 0 unspecified atom stereocenters. The van der Waals surface area contributed by atoms with Crippen molar-refractivity contribution in [3.05, 3.63) is 35.4 Å². The molecule has 2 amide bonds. The van der Waals surface area contributed by atoms with Crippen LogP contribution in [0.3, 0.4) is 0 Å². The molecule has 0 aromatic heterocycles. The van der Waals surface area contributed by atoms with Gasteiger partial charge in [-0.05, 0) is 37.8 Å². The number of rotatable bonds is 5. The van der Waals surface area contributed by atoms with Crippen LogP contribution in [0.5, 0.6) is 0 Å². The monoisotopic (exact) mass is 387 g/mol. The standard InChI is InChI=1S/C22H33N3O3/c1-16-12-24(13-17(2)28-16)14-20-8-6-19(7-9-20)11-23-22(27)21-5-4-10-25(15-21)18(3)26/h6-9,16-17,21H,4-5,10-15H2,1-3H3,(H,23,27)/t16-,17-,21+/m1/s1. The van der Waals surface area contributed by atoms with Crippen molar-refractivity contribution in [2.45, 2.75) is 58.9 Å². The quantitative estimate of drug-likeness (QED) is 0.841. The van der Waals surface area contributed by atoms with Gasteiger partial charge >= 0.3 is 0 Å². The van der Waals surface area contributed by atoms with E-state index in [4.69, 9.17) is 4.74 Å². The fourth-order valence-electron chi connectivity index (χ4n) is 4.24. The molecule has 6 heteroatoms. The second kappa shape index (κ2) is 9.52. The van der Waals surface area contributed by atoms with Gasteiger partial charge in [0.2, 0.25) is 11.8 Å². The Bertz CT molecular complexity index is 666. The lowest BCUT2D eigenvalue weighted by atomic mass is 9.97. The lowest BCUT2D eigenvalue weighted by molar-refractivity contribution is -0.134. The van der Waals surface area contributed by atoms with Crippen molar-refractivity contribution >= 4 is 11.8 Å². The summed E-state index contributed by atoms with van der Waals surface area (Å²) in [5, 5.41) is 3.04. The minimum absolute atomic E-state index is 0.0475. The number of morpholine rings is 1. The predicted molar refractivity (Wildman–Crippen MR) is 109 cm³/mol. The van der Waals surface area contributed by atoms with Gasteiger partial charge in [0.1, 0.15) is 0 Å². The number of nitrogens with one attached hydrogen (secondary N) is 1. The van der Waals surface area contributed by atoms with Crippen molar-refractivity contribution in [3.63, 3.8) is 0 Å². The SMILES string of the molecule is CC(=O)N1CCC[C@H](C(=O)NCc2ccc(CN3C[C@@H](C)O[C@H](C)C3)cc2)C1. The van der Waals surface area contributed by atoms with Gasteiger partial charge in [0.15, 0.2) is 0 Å². The summed E-state index contributed by atoms with van der Waals surface area (Å²) in [7, 11) is 0. The smallest absolute Gasteiger partial charge is 0.225 e. The number of piperidine rings is 1. The Morgan fingerprint density at radius 1 is 1.07 bits per heavy atom. The summed E-state index contributed by atoms with van der Waals surface area (Å²) in [6.07, 6.45) is 2.30. The van der Waals surface area contributed by atoms with Crippen molar-refractivity contribution in [2.24, 2.45) is 5.92 Å². The molecule has 28 heavy (non-hydrogen) atoms. The first-order valence-electron chi connectivity index (χ1n) is 10.4. The van der Waals surface area contributed by atoms with Crippen LogP contribution in [-0.4, -0.2) is 60.0 Å². The van der Waals surface area contributed by atoms with E-state index in [0.29, 0.717) is 13.1 Å². The third kappa shape index (κ3) is 5.79. The molecule has 0 saturated carbocycles. The summed E-state index contributed by atoms with van der Waals surface area (Å²) in [5.41, 5.74) is 2.38. The molecule has 2 aliphatic rings. The second-order valence-corrected chi connectivity index (χ2v) is 8.29. The minimum Gasteiger partial charge on any atom is -0.373 e. The molecule has 3 rings (SSSR count). The summed E-state index contributed by atoms with van der Waals surface area (Å²) in [5.74, 6) is 0.00526. The van der Waals surface area contributed by atoms with E-state index < -0.39 is 0 Å². The van der Waals surface area contributed by atoms with Crippen LogP contribution in [0.1, 0.15) is 44.7 Å². The molecule has 2 heterocycles. The van der Waals surface area contributed by atoms with E-state index in [-0.39, 0.29) is 29.9 Å². The average molecular weight is 388 g/mol. The van der Waals surface area contributed by atoms with E-state index in [9.17, 15) is 9.59 Å². The van der Waals surface area contributed by atoms with Gasteiger partial charge in [0.25, 0.3) is 0 Å². The molecule has 1 aromatic carbocycles. The summed E-state index contributed by atoms with van der Waals surface area (Å²) < 4.78 is 5.79. The molecule has 1 N–H and O–H groups in total. The number of nitrogens with zero attached hydrogens (tertiary/aromatic N) is 2. The molecule has 1 aromatic rings. The first kappa shape index (κ1) is 20.8. The van der Waals surface area contributed by atoms with Gasteiger partial charge in [-0.3, -0.25) is 14.5 Å². The molecule has 6 nitrogen and oxygen atoms in total. The predicted octanol–water partition coefficient (Wildman–Crippen LogP) is 2.17. The molecular weight excluding hydrogens is 354 g/mol. The number of benzene rings is 1. The third-order valence-electron chi connectivity index (χ3n) is 5.63. The van der Waals surface area contributed by atoms with Crippen molar-refractivity contribution in [2.75, 3.05) is 26.2 Å². The van der Waals surface area contributed by atoms with Crippen LogP contribution in [0.15, 0.2) is 24.3 Å². The number of hydrogen-bond acceptors (Lipinski definition) is 4. The zero-order valence-electron chi connectivity index (χ0n) is 17.3. The van der Waals surface area contributed by atoms with E-state index in [1.54, 1.807) is 11.8 Å². The van der Waals surface area contributed by atoms with Crippen LogP contribution in [0.4, 0.5) is 0 Å². The molecule has 2 saturated heterocycles. The van der Waals surface area contributed by atoms with Crippen molar-refractivity contribution < 1.29 is 14.3 Å². The van der Waals surface area contributed by atoms with Gasteiger partial charge < -0.3 is 15.0 Å². The van der Waals surface area contributed by atoms with Crippen molar-refractivity contribution in [1.82, 2.24) is 15.1 Å². The van der Waals surface area contributed by atoms with Gasteiger partial charge in [0.05, 0.1) is 18.1 Å². The highest BCUT2D eigenvalue weighted by atomic mass is 16.5. The molecule has 154 valence electrons. The highest BCUT2D eigenvalue weighted by Gasteiger charge is 2.26. The molecule has 0 bridgehead atoms. The zero-order chi connectivity index (χ0) is 20.1. The maximum atomic E-state index is 12.5. The molecule has 0 spiro atoms. The lowest BCUT2D eigenvalue weighted by Crippen LogP contribution is -2.44. The van der Waals surface area contributed by atoms with Gasteiger partial charge in [0, 0.05) is 46.2 Å². The van der Waals surface area contributed by atoms with Crippen LogP contribution in [0.25, 0.3) is 0 Å². The number of likely N-dealkylation sites (tertiary alicyclic amines) is 1. The Kier molecular flexibility index (Phi) is 7.08. The summed E-state index contributed by atoms with van der Waals surface area (Å²) in [6, 6.07) is 8.46. The highest BCUT2D eigenvalue weighted by molar-refractivity contribution is 5.80. The summed E-state index contributed by atoms with van der Waals surface area (Å²) in [6.45, 7) is 10.5. The first-order valence-corrected chi connectivity index (χ1v) is 10.4. The number of carbonyl (C=O) groups excluding carboxylic acids is 2. The Morgan fingerprint density at radius 3 is 2.36 bits per heavy atom. The van der Waals surface area contributed by atoms with Crippen LogP contribution < -0.4 is 5.32 Å². The van der Waals surface area contributed by atoms with Crippen LogP contribution in [0, 0.1) is 5.92 Å². The molecule has 3 atom stereocenters. The van der Waals surface area contributed by atoms with Gasteiger partial charge in [-0.15, -0.1) is 0 Å². The van der Waals surface area contributed by atoms with Crippen molar-refractivity contribution in [1.29, 1.82) is 0 Å². The topological polar surface area (TPSA) is 61.9 Å². The highest BCUT2D eigenvalue weighted by Crippen LogP contribution is 2.17. The Morgan fingerprint density at radius 2 is 1.71 bits per heavy atom. The van der Waals surface area contributed by atoms with Gasteiger partial charge in [-0.25, -0.2) is 0 Å². The lowest BCUT2D eigenvalue weighted by Gasteiger charge is -2.35. The van der Waals surface area contributed by atoms with Crippen LogP contribution >= 0.6 is 0 Å². The maximum absolute atomic E-state index is 12.5. The minimum atomic E-state index is -0.0952. The van der Waals surface area contributed by atoms with Gasteiger partial charge in [-0.2, -0.15) is 0 Å². The van der Waals surface area contributed by atoms with E-state index in [0.717, 1.165) is 44.6 Å². The molecule has 0 radical (unpaired) electrons. The van der Waals surface area contributed by atoms with Gasteiger partial charge in [-0.1, -0.05) is 24.3 Å². The molecule has 0 aliphatic carbocycles. The van der Waals surface area contributed by atoms with E-state index in [1.165, 1.54) is 5.56 Å².